The number of carbonyl (C=O) groups is 1. The normalized spacial score (nSPS) is 23.8. The number of β-amino-alcohol motifs (C(OH)–C–C–N with tert-alkyl or cyclic N) is 2. The molecule has 1 heterocycles. The first kappa shape index (κ1) is 14.2. The minimum Gasteiger partial charge on any atom is -0.389 e. The minimum absolute atomic E-state index is 0.114. The highest BCUT2D eigenvalue weighted by Crippen LogP contribution is 2.14. The molecule has 104 valence electrons. The third-order valence-corrected chi connectivity index (χ3v) is 3.53. The average molecular weight is 263 g/mol. The molecule has 0 saturated carbocycles. The number of benzene rings is 1. The van der Waals surface area contributed by atoms with Gasteiger partial charge in [-0.05, 0) is 26.0 Å². The second-order valence-corrected chi connectivity index (χ2v) is 5.44. The van der Waals surface area contributed by atoms with Gasteiger partial charge >= 0.3 is 0 Å². The van der Waals surface area contributed by atoms with E-state index in [1.165, 1.54) is 0 Å². The Labute approximate surface area is 113 Å². The molecule has 1 aliphatic heterocycles. The number of aliphatic hydroxyl groups is 2. The quantitative estimate of drug-likeness (QED) is 0.793. The van der Waals surface area contributed by atoms with Crippen molar-refractivity contribution in [3.63, 3.8) is 0 Å². The Hall–Kier alpha value is -1.23. The SMILES string of the molecule is Cc1cc(C)cc(C(=O)CCN2CC(O)C(O)C2)c1. The summed E-state index contributed by atoms with van der Waals surface area (Å²) in [7, 11) is 0. The third kappa shape index (κ3) is 3.62. The molecule has 0 spiro atoms. The van der Waals surface area contributed by atoms with Crippen LogP contribution >= 0.6 is 0 Å². The predicted molar refractivity (Wildman–Crippen MR) is 73.3 cm³/mol. The van der Waals surface area contributed by atoms with E-state index in [-0.39, 0.29) is 5.78 Å². The van der Waals surface area contributed by atoms with Crippen LogP contribution in [0.5, 0.6) is 0 Å². The number of carbonyl (C=O) groups excluding carboxylic acids is 1. The lowest BCUT2D eigenvalue weighted by Gasteiger charge is -2.14. The lowest BCUT2D eigenvalue weighted by Crippen LogP contribution is -2.25. The molecule has 0 amide bonds. The maximum atomic E-state index is 12.1. The van der Waals surface area contributed by atoms with E-state index < -0.39 is 12.2 Å². The first-order valence-electron chi connectivity index (χ1n) is 6.65. The molecule has 1 aromatic carbocycles. The van der Waals surface area contributed by atoms with Crippen LogP contribution in [0.15, 0.2) is 18.2 Å². The highest BCUT2D eigenvalue weighted by Gasteiger charge is 2.29. The second kappa shape index (κ2) is 5.82. The fourth-order valence-corrected chi connectivity index (χ4v) is 2.57. The van der Waals surface area contributed by atoms with E-state index in [1.807, 2.05) is 36.9 Å². The van der Waals surface area contributed by atoms with E-state index >= 15 is 0 Å². The van der Waals surface area contributed by atoms with Gasteiger partial charge in [-0.3, -0.25) is 9.69 Å². The highest BCUT2D eigenvalue weighted by molar-refractivity contribution is 5.96. The first-order chi connectivity index (χ1) is 8.95. The van der Waals surface area contributed by atoms with Gasteiger partial charge in [0, 0.05) is 31.6 Å². The Balaban J connectivity index is 1.91. The van der Waals surface area contributed by atoms with Crippen molar-refractivity contribution in [2.24, 2.45) is 0 Å². The van der Waals surface area contributed by atoms with Crippen molar-refractivity contribution in [2.45, 2.75) is 32.5 Å². The summed E-state index contributed by atoms with van der Waals surface area (Å²) in [5.74, 6) is 0.114. The molecule has 1 aromatic rings. The maximum absolute atomic E-state index is 12.1. The minimum atomic E-state index is -0.684. The Morgan fingerprint density at radius 3 is 2.21 bits per heavy atom. The molecule has 19 heavy (non-hydrogen) atoms. The highest BCUT2D eigenvalue weighted by atomic mass is 16.3. The summed E-state index contributed by atoms with van der Waals surface area (Å²) in [6.45, 7) is 5.44. The molecule has 2 atom stereocenters. The Morgan fingerprint density at radius 2 is 1.68 bits per heavy atom. The molecule has 2 N–H and O–H groups in total. The molecule has 1 aliphatic rings. The molecule has 2 unspecified atom stereocenters. The molecule has 0 aromatic heterocycles. The molecule has 4 nitrogen and oxygen atoms in total. The molecule has 2 rings (SSSR count). The summed E-state index contributed by atoms with van der Waals surface area (Å²) >= 11 is 0. The van der Waals surface area contributed by atoms with Crippen molar-refractivity contribution in [2.75, 3.05) is 19.6 Å². The van der Waals surface area contributed by atoms with E-state index in [4.69, 9.17) is 0 Å². The van der Waals surface area contributed by atoms with Crippen LogP contribution in [0.3, 0.4) is 0 Å². The number of nitrogens with zero attached hydrogens (tertiary/aromatic N) is 1. The summed E-state index contributed by atoms with van der Waals surface area (Å²) < 4.78 is 0. The first-order valence-corrected chi connectivity index (χ1v) is 6.65. The molecule has 0 radical (unpaired) electrons. The van der Waals surface area contributed by atoms with Crippen molar-refractivity contribution < 1.29 is 15.0 Å². The molecule has 1 fully saturated rings. The summed E-state index contributed by atoms with van der Waals surface area (Å²) in [5, 5.41) is 18.9. The van der Waals surface area contributed by atoms with Gasteiger partial charge in [-0.2, -0.15) is 0 Å². The third-order valence-electron chi connectivity index (χ3n) is 3.53. The van der Waals surface area contributed by atoms with Crippen molar-refractivity contribution in [3.05, 3.63) is 34.9 Å². The van der Waals surface area contributed by atoms with E-state index in [0.29, 0.717) is 26.1 Å². The summed E-state index contributed by atoms with van der Waals surface area (Å²) in [4.78, 5) is 14.0. The zero-order valence-corrected chi connectivity index (χ0v) is 11.5. The van der Waals surface area contributed by atoms with Gasteiger partial charge in [0.2, 0.25) is 0 Å². The van der Waals surface area contributed by atoms with Crippen LogP contribution in [0.1, 0.15) is 27.9 Å². The summed E-state index contributed by atoms with van der Waals surface area (Å²) in [6, 6.07) is 5.86. The number of rotatable bonds is 4. The summed E-state index contributed by atoms with van der Waals surface area (Å²) in [5.41, 5.74) is 2.93. The van der Waals surface area contributed by atoms with Crippen LogP contribution in [0.25, 0.3) is 0 Å². The number of aliphatic hydroxyl groups excluding tert-OH is 2. The standard InChI is InChI=1S/C15H21NO3/c1-10-5-11(2)7-12(6-10)13(17)3-4-16-8-14(18)15(19)9-16/h5-7,14-15,18-19H,3-4,8-9H2,1-2H3. The monoisotopic (exact) mass is 263 g/mol. The number of Topliss-reactive ketones (excluding diaryl/α,β-unsaturated/α-hetero) is 1. The Kier molecular flexibility index (Phi) is 4.34. The lowest BCUT2D eigenvalue weighted by atomic mass is 10.0. The average Bonchev–Trinajstić information content (AvgIpc) is 2.64. The van der Waals surface area contributed by atoms with Gasteiger partial charge in [0.1, 0.15) is 0 Å². The number of ketones is 1. The van der Waals surface area contributed by atoms with Crippen LogP contribution in [0, 0.1) is 13.8 Å². The fraction of sp³-hybridized carbons (Fsp3) is 0.533. The zero-order chi connectivity index (χ0) is 14.0. The zero-order valence-electron chi connectivity index (χ0n) is 11.5. The van der Waals surface area contributed by atoms with Gasteiger partial charge in [0.15, 0.2) is 5.78 Å². The second-order valence-electron chi connectivity index (χ2n) is 5.44. The number of likely N-dealkylation sites (tertiary alicyclic amines) is 1. The summed E-state index contributed by atoms with van der Waals surface area (Å²) in [6.07, 6.45) is -0.949. The van der Waals surface area contributed by atoms with Crippen LogP contribution in [0.4, 0.5) is 0 Å². The number of hydrogen-bond acceptors (Lipinski definition) is 4. The molecule has 0 aliphatic carbocycles. The Bertz CT molecular complexity index is 442. The molecular formula is C15H21NO3. The van der Waals surface area contributed by atoms with Gasteiger partial charge in [0.25, 0.3) is 0 Å². The van der Waals surface area contributed by atoms with Gasteiger partial charge in [-0.1, -0.05) is 17.2 Å². The fourth-order valence-electron chi connectivity index (χ4n) is 2.57. The van der Waals surface area contributed by atoms with Crippen molar-refractivity contribution in [1.29, 1.82) is 0 Å². The Morgan fingerprint density at radius 1 is 1.16 bits per heavy atom. The van der Waals surface area contributed by atoms with Crippen LogP contribution < -0.4 is 0 Å². The van der Waals surface area contributed by atoms with Crippen LogP contribution in [-0.4, -0.2) is 52.7 Å². The van der Waals surface area contributed by atoms with Crippen LogP contribution in [-0.2, 0) is 0 Å². The smallest absolute Gasteiger partial charge is 0.164 e. The van der Waals surface area contributed by atoms with Gasteiger partial charge in [-0.15, -0.1) is 0 Å². The number of hydrogen-bond donors (Lipinski definition) is 2. The van der Waals surface area contributed by atoms with Gasteiger partial charge in [-0.25, -0.2) is 0 Å². The van der Waals surface area contributed by atoms with Crippen molar-refractivity contribution in [3.8, 4) is 0 Å². The molecular weight excluding hydrogens is 242 g/mol. The van der Waals surface area contributed by atoms with Crippen molar-refractivity contribution in [1.82, 2.24) is 4.90 Å². The van der Waals surface area contributed by atoms with Crippen LogP contribution in [0.2, 0.25) is 0 Å². The van der Waals surface area contributed by atoms with E-state index in [1.54, 1.807) is 0 Å². The largest absolute Gasteiger partial charge is 0.389 e. The lowest BCUT2D eigenvalue weighted by molar-refractivity contribution is 0.0572. The molecule has 1 saturated heterocycles. The van der Waals surface area contributed by atoms with E-state index in [9.17, 15) is 15.0 Å². The molecule has 0 bridgehead atoms. The van der Waals surface area contributed by atoms with Gasteiger partial charge < -0.3 is 10.2 Å². The maximum Gasteiger partial charge on any atom is 0.164 e. The molecule has 4 heteroatoms. The van der Waals surface area contributed by atoms with E-state index in [0.717, 1.165) is 16.7 Å². The number of aryl methyl sites for hydroxylation is 2. The van der Waals surface area contributed by atoms with Crippen molar-refractivity contribution >= 4 is 5.78 Å². The van der Waals surface area contributed by atoms with Gasteiger partial charge in [0.05, 0.1) is 12.2 Å². The topological polar surface area (TPSA) is 60.8 Å². The van der Waals surface area contributed by atoms with E-state index in [2.05, 4.69) is 0 Å². The predicted octanol–water partition coefficient (Wildman–Crippen LogP) is 0.914.